The minimum absolute atomic E-state index is 1.14. The molecule has 6 N–H and O–H groups in total. The average molecular weight is 224 g/mol. The van der Waals surface area contributed by atoms with E-state index >= 15 is 0 Å². The molecule has 0 aliphatic rings. The number of carboxylic acid groups (broad SMARTS) is 3. The summed E-state index contributed by atoms with van der Waals surface area (Å²) in [5.74, 6) is -1.77. The molecule has 0 spiro atoms. The third-order valence-corrected chi connectivity index (χ3v) is 1.29. The van der Waals surface area contributed by atoms with Crippen LogP contribution in [0.25, 0.3) is 0 Å². The molecule has 1 radical (unpaired) electrons. The number of hydrogen-bond donors (Lipinski definition) is 5. The molecule has 0 atom stereocenters. The predicted molar refractivity (Wildman–Crippen MR) is 42.0 cm³/mol. The zero-order chi connectivity index (χ0) is 12.6. The van der Waals surface area contributed by atoms with E-state index in [2.05, 4.69) is 5.90 Å². The third kappa shape index (κ3) is 6.37. The lowest BCUT2D eigenvalue weighted by Gasteiger charge is -2.18. The molecule has 0 saturated heterocycles. The SMILES string of the molecule is N[O].O=C(O)CC(O)(CC(=O)O)C(=O)O. The Kier molecular flexibility index (Phi) is 7.04. The van der Waals surface area contributed by atoms with Gasteiger partial charge in [0, 0.05) is 0 Å². The van der Waals surface area contributed by atoms with Crippen molar-refractivity contribution >= 4 is 17.9 Å². The number of carbonyl (C=O) groups is 3. The molecule has 0 aromatic rings. The van der Waals surface area contributed by atoms with Crippen LogP contribution in [0.4, 0.5) is 0 Å². The van der Waals surface area contributed by atoms with Gasteiger partial charge in [-0.2, -0.15) is 5.90 Å². The van der Waals surface area contributed by atoms with Crippen LogP contribution in [0.15, 0.2) is 0 Å². The summed E-state index contributed by atoms with van der Waals surface area (Å²) in [7, 11) is 0. The Balaban J connectivity index is 0. The molecular weight excluding hydrogens is 214 g/mol. The van der Waals surface area contributed by atoms with Crippen LogP contribution < -0.4 is 5.90 Å². The van der Waals surface area contributed by atoms with E-state index in [9.17, 15) is 14.4 Å². The van der Waals surface area contributed by atoms with Gasteiger partial charge in [0.05, 0.1) is 12.8 Å². The van der Waals surface area contributed by atoms with Crippen molar-refractivity contribution in [1.29, 1.82) is 0 Å². The molecule has 0 rings (SSSR count). The Morgan fingerprint density at radius 2 is 1.20 bits per heavy atom. The maximum Gasteiger partial charge on any atom is 0.336 e. The van der Waals surface area contributed by atoms with Crippen molar-refractivity contribution in [1.82, 2.24) is 0 Å². The minimum atomic E-state index is -2.74. The summed E-state index contributed by atoms with van der Waals surface area (Å²) in [5, 5.41) is 41.6. The van der Waals surface area contributed by atoms with Crippen LogP contribution >= 0.6 is 0 Å². The van der Waals surface area contributed by atoms with Gasteiger partial charge in [-0.1, -0.05) is 0 Å². The van der Waals surface area contributed by atoms with E-state index in [0.717, 1.165) is 0 Å². The highest BCUT2D eigenvalue weighted by Crippen LogP contribution is 2.15. The Bertz CT molecular complexity index is 234. The van der Waals surface area contributed by atoms with E-state index in [1.165, 1.54) is 0 Å². The summed E-state index contributed by atoms with van der Waals surface area (Å²) < 4.78 is 0. The van der Waals surface area contributed by atoms with Crippen molar-refractivity contribution in [3.8, 4) is 0 Å². The van der Waals surface area contributed by atoms with Gasteiger partial charge >= 0.3 is 17.9 Å². The maximum absolute atomic E-state index is 10.3. The molecule has 9 heteroatoms. The van der Waals surface area contributed by atoms with E-state index in [1.54, 1.807) is 0 Å². The van der Waals surface area contributed by atoms with Crippen molar-refractivity contribution in [2.45, 2.75) is 18.4 Å². The highest BCUT2D eigenvalue weighted by atomic mass is 16.4. The van der Waals surface area contributed by atoms with Gasteiger partial charge in [-0.15, -0.1) is 5.21 Å². The Morgan fingerprint density at radius 1 is 0.933 bits per heavy atom. The van der Waals surface area contributed by atoms with Gasteiger partial charge < -0.3 is 20.4 Å². The molecule has 0 saturated carbocycles. The van der Waals surface area contributed by atoms with Gasteiger partial charge in [-0.3, -0.25) is 9.59 Å². The van der Waals surface area contributed by atoms with Crippen LogP contribution in [0.1, 0.15) is 12.8 Å². The smallest absolute Gasteiger partial charge is 0.336 e. The van der Waals surface area contributed by atoms with Crippen molar-refractivity contribution in [2.24, 2.45) is 5.90 Å². The van der Waals surface area contributed by atoms with Gasteiger partial charge in [-0.05, 0) is 0 Å². The van der Waals surface area contributed by atoms with Crippen LogP contribution in [0.2, 0.25) is 0 Å². The molecule has 87 valence electrons. The lowest BCUT2D eigenvalue weighted by molar-refractivity contribution is -0.170. The second-order valence-corrected chi connectivity index (χ2v) is 2.48. The number of hydrogen-bond acceptors (Lipinski definition) is 5. The summed E-state index contributed by atoms with van der Waals surface area (Å²) in [5.41, 5.74) is -2.74. The number of rotatable bonds is 5. The first-order chi connectivity index (χ1) is 6.78. The fourth-order valence-corrected chi connectivity index (χ4v) is 0.714. The van der Waals surface area contributed by atoms with Crippen LogP contribution in [0, 0.1) is 0 Å². The highest BCUT2D eigenvalue weighted by molar-refractivity contribution is 5.88. The monoisotopic (exact) mass is 224 g/mol. The second-order valence-electron chi connectivity index (χ2n) is 2.48. The summed E-state index contributed by atoms with van der Waals surface area (Å²) >= 11 is 0. The number of aliphatic carboxylic acids is 3. The Labute approximate surface area is 83.3 Å². The normalized spacial score (nSPS) is 9.80. The summed E-state index contributed by atoms with van der Waals surface area (Å²) in [4.78, 5) is 30.5. The Hall–Kier alpha value is -1.71. The molecule has 9 nitrogen and oxygen atoms in total. The van der Waals surface area contributed by atoms with Crippen LogP contribution in [0.3, 0.4) is 0 Å². The quantitative estimate of drug-likeness (QED) is 0.334. The zero-order valence-electron chi connectivity index (χ0n) is 7.41. The average Bonchev–Trinajstić information content (AvgIpc) is 2.04. The number of carboxylic acids is 3. The van der Waals surface area contributed by atoms with E-state index in [1.807, 2.05) is 0 Å². The fourth-order valence-electron chi connectivity index (χ4n) is 0.714. The fraction of sp³-hybridized carbons (Fsp3) is 0.500. The van der Waals surface area contributed by atoms with Crippen molar-refractivity contribution in [3.63, 3.8) is 0 Å². The predicted octanol–water partition coefficient (Wildman–Crippen LogP) is -1.96. The van der Waals surface area contributed by atoms with Gasteiger partial charge in [0.15, 0.2) is 5.60 Å². The molecule has 0 aliphatic heterocycles. The minimum Gasteiger partial charge on any atom is -0.481 e. The molecule has 0 amide bonds. The second kappa shape index (κ2) is 6.70. The van der Waals surface area contributed by atoms with Crippen molar-refractivity contribution < 1.29 is 40.0 Å². The molecule has 0 aromatic carbocycles. The van der Waals surface area contributed by atoms with Gasteiger partial charge in [-0.25, -0.2) is 4.79 Å². The van der Waals surface area contributed by atoms with E-state index < -0.39 is 36.4 Å². The molecule has 0 unspecified atom stereocenters. The standard InChI is InChI=1S/C6H8O7.H2NO/c7-3(8)1-6(13,5(11)12)2-4(9)10;1-2/h13H,1-2H2,(H,7,8)(H,9,10)(H,11,12);1H2. The van der Waals surface area contributed by atoms with Gasteiger partial charge in [0.25, 0.3) is 0 Å². The molecular formula is C6H10NO8. The molecule has 0 fully saturated rings. The zero-order valence-corrected chi connectivity index (χ0v) is 7.41. The largest absolute Gasteiger partial charge is 0.481 e. The topological polar surface area (TPSA) is 178 Å². The lowest BCUT2D eigenvalue weighted by atomic mass is 9.96. The Morgan fingerprint density at radius 3 is 1.33 bits per heavy atom. The first-order valence-electron chi connectivity index (χ1n) is 3.41. The molecule has 0 aliphatic carbocycles. The van der Waals surface area contributed by atoms with Gasteiger partial charge in [0.2, 0.25) is 0 Å². The number of aliphatic hydroxyl groups is 1. The highest BCUT2D eigenvalue weighted by Gasteiger charge is 2.40. The van der Waals surface area contributed by atoms with E-state index in [-0.39, 0.29) is 0 Å². The number of nitrogens with two attached hydrogens (primary N) is 1. The molecule has 0 aromatic heterocycles. The van der Waals surface area contributed by atoms with Crippen molar-refractivity contribution in [2.75, 3.05) is 0 Å². The van der Waals surface area contributed by atoms with Crippen LogP contribution in [-0.2, 0) is 19.6 Å². The van der Waals surface area contributed by atoms with E-state index in [0.29, 0.717) is 0 Å². The molecule has 0 bridgehead atoms. The molecule has 15 heavy (non-hydrogen) atoms. The van der Waals surface area contributed by atoms with Crippen molar-refractivity contribution in [3.05, 3.63) is 0 Å². The first-order valence-corrected chi connectivity index (χ1v) is 3.41. The van der Waals surface area contributed by atoms with Crippen LogP contribution in [0.5, 0.6) is 0 Å². The summed E-state index contributed by atoms with van der Waals surface area (Å²) in [6.07, 6.45) is -2.29. The summed E-state index contributed by atoms with van der Waals surface area (Å²) in [6.45, 7) is 0. The lowest BCUT2D eigenvalue weighted by Crippen LogP contribution is -2.42. The maximum atomic E-state index is 10.3. The third-order valence-electron chi connectivity index (χ3n) is 1.29. The summed E-state index contributed by atoms with van der Waals surface area (Å²) in [6, 6.07) is 0. The van der Waals surface area contributed by atoms with E-state index in [4.69, 9.17) is 25.6 Å². The molecule has 0 heterocycles. The first kappa shape index (κ1) is 15.7. The van der Waals surface area contributed by atoms with Crippen LogP contribution in [-0.4, -0.2) is 43.9 Å². The van der Waals surface area contributed by atoms with Gasteiger partial charge in [0.1, 0.15) is 0 Å².